The minimum absolute atomic E-state index is 0.200. The van der Waals surface area contributed by atoms with Crippen molar-refractivity contribution in [1.82, 2.24) is 0 Å². The van der Waals surface area contributed by atoms with E-state index in [0.29, 0.717) is 11.3 Å². The SMILES string of the molecule is Cc1ccc(NCc2ccc(OCc3ccccc3F)c(Br)c2)c(C)c1. The Labute approximate surface area is 162 Å². The number of nitrogens with one attached hydrogen (secondary N) is 1. The van der Waals surface area contributed by atoms with Crippen LogP contribution in [0.1, 0.15) is 22.3 Å². The first kappa shape index (κ1) is 18.5. The lowest BCUT2D eigenvalue weighted by Gasteiger charge is -2.13. The molecule has 134 valence electrons. The quantitative estimate of drug-likeness (QED) is 0.504. The summed E-state index contributed by atoms with van der Waals surface area (Å²) in [5.41, 5.74) is 5.29. The fourth-order valence-electron chi connectivity index (χ4n) is 2.75. The molecule has 3 aromatic carbocycles. The van der Waals surface area contributed by atoms with Gasteiger partial charge in [-0.25, -0.2) is 4.39 Å². The second kappa shape index (κ2) is 8.37. The van der Waals surface area contributed by atoms with Gasteiger partial charge in [0.1, 0.15) is 18.2 Å². The Morgan fingerprint density at radius 2 is 1.81 bits per heavy atom. The maximum absolute atomic E-state index is 13.7. The van der Waals surface area contributed by atoms with Crippen LogP contribution in [-0.4, -0.2) is 0 Å². The van der Waals surface area contributed by atoms with Crippen molar-refractivity contribution >= 4 is 21.6 Å². The molecular weight excluding hydrogens is 393 g/mol. The van der Waals surface area contributed by atoms with E-state index in [1.807, 2.05) is 18.2 Å². The van der Waals surface area contributed by atoms with Crippen molar-refractivity contribution < 1.29 is 9.13 Å². The molecule has 1 N–H and O–H groups in total. The summed E-state index contributed by atoms with van der Waals surface area (Å²) in [5.74, 6) is 0.446. The van der Waals surface area contributed by atoms with Crippen LogP contribution in [0.15, 0.2) is 65.1 Å². The molecule has 2 nitrogen and oxygen atoms in total. The molecule has 0 fully saturated rings. The minimum atomic E-state index is -0.252. The number of halogens is 2. The molecular formula is C22H21BrFNO. The lowest BCUT2D eigenvalue weighted by atomic mass is 10.1. The highest BCUT2D eigenvalue weighted by molar-refractivity contribution is 9.10. The highest BCUT2D eigenvalue weighted by Gasteiger charge is 2.06. The van der Waals surface area contributed by atoms with E-state index in [1.165, 1.54) is 17.2 Å². The average molecular weight is 414 g/mol. The largest absolute Gasteiger partial charge is 0.488 e. The van der Waals surface area contributed by atoms with Gasteiger partial charge >= 0.3 is 0 Å². The third-order valence-electron chi connectivity index (χ3n) is 4.20. The number of ether oxygens (including phenoxy) is 1. The number of rotatable bonds is 6. The van der Waals surface area contributed by atoms with E-state index in [2.05, 4.69) is 53.3 Å². The molecule has 0 atom stereocenters. The molecule has 4 heteroatoms. The lowest BCUT2D eigenvalue weighted by molar-refractivity contribution is 0.298. The summed E-state index contributed by atoms with van der Waals surface area (Å²) < 4.78 is 20.3. The third-order valence-corrected chi connectivity index (χ3v) is 4.82. The van der Waals surface area contributed by atoms with Crippen molar-refractivity contribution in [3.05, 3.63) is 93.2 Å². The van der Waals surface area contributed by atoms with E-state index in [1.54, 1.807) is 18.2 Å². The molecule has 0 radical (unpaired) electrons. The van der Waals surface area contributed by atoms with Crippen LogP contribution < -0.4 is 10.1 Å². The van der Waals surface area contributed by atoms with E-state index < -0.39 is 0 Å². The fourth-order valence-corrected chi connectivity index (χ4v) is 3.29. The van der Waals surface area contributed by atoms with Gasteiger partial charge in [0.15, 0.2) is 0 Å². The van der Waals surface area contributed by atoms with Crippen molar-refractivity contribution in [3.63, 3.8) is 0 Å². The summed E-state index contributed by atoms with van der Waals surface area (Å²) in [7, 11) is 0. The number of benzene rings is 3. The summed E-state index contributed by atoms with van der Waals surface area (Å²) in [6, 6.07) is 19.0. The number of anilines is 1. The van der Waals surface area contributed by atoms with Crippen LogP contribution in [0, 0.1) is 19.7 Å². The molecule has 0 aliphatic carbocycles. The fraction of sp³-hybridized carbons (Fsp3) is 0.182. The first-order valence-corrected chi connectivity index (χ1v) is 9.28. The summed E-state index contributed by atoms with van der Waals surface area (Å²) in [6.07, 6.45) is 0. The highest BCUT2D eigenvalue weighted by atomic mass is 79.9. The second-order valence-electron chi connectivity index (χ2n) is 6.32. The van der Waals surface area contributed by atoms with Crippen molar-refractivity contribution in [3.8, 4) is 5.75 Å². The Morgan fingerprint density at radius 3 is 2.54 bits per heavy atom. The number of aryl methyl sites for hydroxylation is 2. The molecule has 0 bridgehead atoms. The molecule has 0 aliphatic rings. The molecule has 0 saturated heterocycles. The van der Waals surface area contributed by atoms with Crippen LogP contribution >= 0.6 is 15.9 Å². The van der Waals surface area contributed by atoms with E-state index in [4.69, 9.17) is 4.74 Å². The van der Waals surface area contributed by atoms with Gasteiger partial charge in [-0.1, -0.05) is 42.0 Å². The van der Waals surface area contributed by atoms with Gasteiger partial charge in [0.05, 0.1) is 4.47 Å². The van der Waals surface area contributed by atoms with Gasteiger partial charge in [-0.2, -0.15) is 0 Å². The predicted octanol–water partition coefficient (Wildman–Crippen LogP) is 6.40. The zero-order chi connectivity index (χ0) is 18.5. The molecule has 0 unspecified atom stereocenters. The first-order chi connectivity index (χ1) is 12.5. The molecule has 3 rings (SSSR count). The average Bonchev–Trinajstić information content (AvgIpc) is 2.61. The normalized spacial score (nSPS) is 10.6. The van der Waals surface area contributed by atoms with Crippen molar-refractivity contribution in [2.75, 3.05) is 5.32 Å². The standard InChI is InChI=1S/C22H21BrFNO/c1-15-7-9-21(16(2)11-15)25-13-17-8-10-22(19(23)12-17)26-14-18-5-3-4-6-20(18)24/h3-12,25H,13-14H2,1-2H3. The van der Waals surface area contributed by atoms with Gasteiger partial charge in [0.2, 0.25) is 0 Å². The Hall–Kier alpha value is -2.33. The van der Waals surface area contributed by atoms with E-state index in [9.17, 15) is 4.39 Å². The topological polar surface area (TPSA) is 21.3 Å². The molecule has 0 heterocycles. The molecule has 0 aromatic heterocycles. The van der Waals surface area contributed by atoms with Gasteiger partial charge in [-0.05, 0) is 65.2 Å². The summed E-state index contributed by atoms with van der Waals surface area (Å²) in [5, 5.41) is 3.46. The van der Waals surface area contributed by atoms with Crippen LogP contribution in [0.2, 0.25) is 0 Å². The second-order valence-corrected chi connectivity index (χ2v) is 7.17. The van der Waals surface area contributed by atoms with Gasteiger partial charge < -0.3 is 10.1 Å². The molecule has 3 aromatic rings. The van der Waals surface area contributed by atoms with E-state index >= 15 is 0 Å². The van der Waals surface area contributed by atoms with Crippen molar-refractivity contribution in [2.45, 2.75) is 27.0 Å². The predicted molar refractivity (Wildman–Crippen MR) is 108 cm³/mol. The van der Waals surface area contributed by atoms with Gasteiger partial charge in [0, 0.05) is 17.8 Å². The highest BCUT2D eigenvalue weighted by Crippen LogP contribution is 2.28. The van der Waals surface area contributed by atoms with Crippen molar-refractivity contribution in [1.29, 1.82) is 0 Å². The van der Waals surface area contributed by atoms with Crippen LogP contribution in [0.3, 0.4) is 0 Å². The molecule has 0 spiro atoms. The summed E-state index contributed by atoms with van der Waals surface area (Å²) >= 11 is 3.54. The first-order valence-electron chi connectivity index (χ1n) is 8.48. The minimum Gasteiger partial charge on any atom is -0.488 e. The zero-order valence-electron chi connectivity index (χ0n) is 14.9. The zero-order valence-corrected chi connectivity index (χ0v) is 16.4. The lowest BCUT2D eigenvalue weighted by Crippen LogP contribution is -2.02. The monoisotopic (exact) mass is 413 g/mol. The smallest absolute Gasteiger partial charge is 0.134 e. The van der Waals surface area contributed by atoms with Crippen LogP contribution in [0.5, 0.6) is 5.75 Å². The van der Waals surface area contributed by atoms with Crippen LogP contribution in [0.4, 0.5) is 10.1 Å². The number of hydrogen-bond donors (Lipinski definition) is 1. The van der Waals surface area contributed by atoms with Crippen molar-refractivity contribution in [2.24, 2.45) is 0 Å². The van der Waals surface area contributed by atoms with Crippen LogP contribution in [-0.2, 0) is 13.2 Å². The Kier molecular flexibility index (Phi) is 5.94. The van der Waals surface area contributed by atoms with Gasteiger partial charge in [-0.15, -0.1) is 0 Å². The number of hydrogen-bond acceptors (Lipinski definition) is 2. The van der Waals surface area contributed by atoms with Crippen LogP contribution in [0.25, 0.3) is 0 Å². The Morgan fingerprint density at radius 1 is 1.00 bits per heavy atom. The molecule has 26 heavy (non-hydrogen) atoms. The van der Waals surface area contributed by atoms with Gasteiger partial charge in [0.25, 0.3) is 0 Å². The third kappa shape index (κ3) is 4.64. The molecule has 0 aliphatic heterocycles. The maximum Gasteiger partial charge on any atom is 0.134 e. The maximum atomic E-state index is 13.7. The van der Waals surface area contributed by atoms with Gasteiger partial charge in [-0.3, -0.25) is 0 Å². The molecule has 0 amide bonds. The van der Waals surface area contributed by atoms with E-state index in [-0.39, 0.29) is 12.4 Å². The Balaban J connectivity index is 1.63. The molecule has 0 saturated carbocycles. The summed E-state index contributed by atoms with van der Waals surface area (Å²) in [4.78, 5) is 0. The Bertz CT molecular complexity index is 910. The summed E-state index contributed by atoms with van der Waals surface area (Å²) in [6.45, 7) is 5.11. The van der Waals surface area contributed by atoms with E-state index in [0.717, 1.165) is 22.3 Å².